The van der Waals surface area contributed by atoms with Gasteiger partial charge in [-0.2, -0.15) is 13.2 Å². The van der Waals surface area contributed by atoms with Gasteiger partial charge in [-0.3, -0.25) is 0 Å². The molecule has 0 aliphatic carbocycles. The molecule has 3 aromatic rings. The van der Waals surface area contributed by atoms with Crippen LogP contribution in [0.2, 0.25) is 0 Å². The summed E-state index contributed by atoms with van der Waals surface area (Å²) in [6, 6.07) is 10.4. The number of aromatic nitrogens is 3. The van der Waals surface area contributed by atoms with Gasteiger partial charge in [0.05, 0.1) is 13.2 Å². The summed E-state index contributed by atoms with van der Waals surface area (Å²) in [6.07, 6.45) is -1.08. The number of benzene rings is 1. The number of halogens is 4. The van der Waals surface area contributed by atoms with Crippen molar-refractivity contribution in [3.05, 3.63) is 70.0 Å². The fourth-order valence-corrected chi connectivity index (χ4v) is 3.99. The Morgan fingerprint density at radius 1 is 1.15 bits per heavy atom. The highest BCUT2D eigenvalue weighted by atomic mass is 79.9. The summed E-state index contributed by atoms with van der Waals surface area (Å²) in [5, 5.41) is 7.63. The Balaban J connectivity index is 1.81. The van der Waals surface area contributed by atoms with Crippen LogP contribution in [-0.2, 0) is 16.9 Å². The van der Waals surface area contributed by atoms with Gasteiger partial charge in [-0.05, 0) is 47.3 Å². The van der Waals surface area contributed by atoms with Crippen LogP contribution in [0.5, 0.6) is 5.88 Å². The van der Waals surface area contributed by atoms with Crippen molar-refractivity contribution in [1.82, 2.24) is 15.2 Å². The fourth-order valence-electron chi connectivity index (χ4n) is 3.39. The largest absolute Gasteiger partial charge is 0.477 e. The molecule has 4 bridgehead atoms. The summed E-state index contributed by atoms with van der Waals surface area (Å²) in [6.45, 7) is 1.91. The van der Waals surface area contributed by atoms with Crippen LogP contribution in [-0.4, -0.2) is 28.0 Å². The summed E-state index contributed by atoms with van der Waals surface area (Å²) < 4.78 is 61.1. The number of hydrogen-bond donors (Lipinski definition) is 0. The number of alkyl halides is 3. The van der Waals surface area contributed by atoms with E-state index < -0.39 is 24.1 Å². The van der Waals surface area contributed by atoms with Gasteiger partial charge in [-0.1, -0.05) is 42.5 Å². The van der Waals surface area contributed by atoms with E-state index in [1.54, 1.807) is 42.5 Å². The molecule has 10 heteroatoms. The number of ether oxygens (including phenoxy) is 2. The predicted octanol–water partition coefficient (Wildman–Crippen LogP) is 6.30. The van der Waals surface area contributed by atoms with Crippen molar-refractivity contribution in [3.8, 4) is 17.5 Å². The Hall–Kier alpha value is -2.72. The van der Waals surface area contributed by atoms with Crippen molar-refractivity contribution in [1.29, 1.82) is 0 Å². The summed E-state index contributed by atoms with van der Waals surface area (Å²) in [5.74, 6) is -0.490. The van der Waals surface area contributed by atoms with Crippen molar-refractivity contribution in [2.24, 2.45) is 0 Å². The zero-order valence-corrected chi connectivity index (χ0v) is 19.3. The molecule has 0 saturated carbocycles. The van der Waals surface area contributed by atoms with Crippen LogP contribution in [0.3, 0.4) is 0 Å². The van der Waals surface area contributed by atoms with E-state index >= 15 is 0 Å². The van der Waals surface area contributed by atoms with Crippen LogP contribution in [0.4, 0.5) is 13.2 Å². The van der Waals surface area contributed by atoms with Gasteiger partial charge in [-0.25, -0.2) is 4.98 Å². The second-order valence-corrected chi connectivity index (χ2v) is 8.47. The zero-order valence-electron chi connectivity index (χ0n) is 17.7. The molecule has 0 fully saturated rings. The van der Waals surface area contributed by atoms with E-state index in [0.717, 1.165) is 5.56 Å². The molecule has 1 unspecified atom stereocenters. The number of fused-ring (bicyclic) bond motifs is 5. The molecule has 4 rings (SSSR count). The van der Waals surface area contributed by atoms with Gasteiger partial charge < -0.3 is 13.9 Å². The lowest BCUT2D eigenvalue weighted by molar-refractivity contribution is -0.295. The lowest BCUT2D eigenvalue weighted by Crippen LogP contribution is -2.45. The highest BCUT2D eigenvalue weighted by molar-refractivity contribution is 9.10. The minimum atomic E-state index is -4.82. The zero-order chi connectivity index (χ0) is 23.5. The maximum Gasteiger partial charge on any atom is 0.426 e. The SMILES string of the molecule is Cc1cc(Br)c2nc1OCCCC=CCC(OCc1ccccc1)(C(F)(F)F)c1nnc-2o1. The molecule has 33 heavy (non-hydrogen) atoms. The van der Waals surface area contributed by atoms with Crippen molar-refractivity contribution >= 4 is 15.9 Å². The molecule has 3 heterocycles. The Bertz CT molecular complexity index is 1130. The van der Waals surface area contributed by atoms with Crippen LogP contribution >= 0.6 is 15.9 Å². The third kappa shape index (κ3) is 4.96. The summed E-state index contributed by atoms with van der Waals surface area (Å²) >= 11 is 3.38. The van der Waals surface area contributed by atoms with Crippen LogP contribution in [0.15, 0.2) is 57.4 Å². The number of aryl methyl sites for hydroxylation is 1. The van der Waals surface area contributed by atoms with Gasteiger partial charge in [-0.15, -0.1) is 10.2 Å². The van der Waals surface area contributed by atoms with Gasteiger partial charge in [0.2, 0.25) is 11.5 Å². The first-order valence-electron chi connectivity index (χ1n) is 10.3. The van der Waals surface area contributed by atoms with E-state index in [4.69, 9.17) is 13.9 Å². The second-order valence-electron chi connectivity index (χ2n) is 7.62. The number of hydrogen-bond acceptors (Lipinski definition) is 6. The van der Waals surface area contributed by atoms with Gasteiger partial charge in [0.1, 0.15) is 5.69 Å². The smallest absolute Gasteiger partial charge is 0.426 e. The standard InChI is InChI=1S/C23H21BrF3N3O3/c1-15-13-17(24)18-20-29-30-21(33-20)22(23(25,26)27,32-14-16-9-5-4-6-10-16)11-7-2-3-8-12-31-19(15)28-18/h2,4-7,9-10,13H,3,8,11-12,14H2,1H3. The molecular formula is C23H21BrF3N3O3. The highest BCUT2D eigenvalue weighted by Gasteiger charge is 2.60. The first-order chi connectivity index (χ1) is 15.8. The van der Waals surface area contributed by atoms with Crippen LogP contribution in [0.25, 0.3) is 11.6 Å². The lowest BCUT2D eigenvalue weighted by atomic mass is 9.97. The first-order valence-corrected chi connectivity index (χ1v) is 11.1. The Morgan fingerprint density at radius 2 is 1.94 bits per heavy atom. The summed E-state index contributed by atoms with van der Waals surface area (Å²) in [5.41, 5.74) is -1.26. The Labute approximate surface area is 197 Å². The van der Waals surface area contributed by atoms with Crippen molar-refractivity contribution < 1.29 is 27.1 Å². The molecule has 174 valence electrons. The van der Waals surface area contributed by atoms with E-state index in [1.165, 1.54) is 6.08 Å². The summed E-state index contributed by atoms with van der Waals surface area (Å²) in [4.78, 5) is 4.40. The minimum Gasteiger partial charge on any atom is -0.477 e. The maximum absolute atomic E-state index is 14.6. The molecule has 6 nitrogen and oxygen atoms in total. The number of nitrogens with zero attached hydrogens (tertiary/aromatic N) is 3. The molecule has 0 saturated heterocycles. The molecule has 1 aliphatic heterocycles. The van der Waals surface area contributed by atoms with E-state index in [1.807, 2.05) is 6.92 Å². The predicted molar refractivity (Wildman–Crippen MR) is 117 cm³/mol. The lowest BCUT2D eigenvalue weighted by Gasteiger charge is -2.31. The topological polar surface area (TPSA) is 70.3 Å². The van der Waals surface area contributed by atoms with Crippen LogP contribution in [0, 0.1) is 6.92 Å². The molecular weight excluding hydrogens is 503 g/mol. The van der Waals surface area contributed by atoms with Crippen molar-refractivity contribution in [3.63, 3.8) is 0 Å². The van der Waals surface area contributed by atoms with E-state index in [2.05, 4.69) is 31.1 Å². The third-order valence-corrected chi connectivity index (χ3v) is 5.81. The molecule has 0 amide bonds. The minimum absolute atomic E-state index is 0.167. The van der Waals surface area contributed by atoms with Gasteiger partial charge in [0.25, 0.3) is 11.8 Å². The molecule has 2 aromatic heterocycles. The van der Waals surface area contributed by atoms with E-state index in [-0.39, 0.29) is 18.2 Å². The maximum atomic E-state index is 14.6. The number of allylic oxidation sites excluding steroid dienone is 1. The fraction of sp³-hybridized carbons (Fsp3) is 0.348. The normalized spacial score (nSPS) is 19.1. The van der Waals surface area contributed by atoms with Crippen molar-refractivity contribution in [2.75, 3.05) is 6.61 Å². The molecule has 0 N–H and O–H groups in total. The van der Waals surface area contributed by atoms with E-state index in [0.29, 0.717) is 35.4 Å². The van der Waals surface area contributed by atoms with Crippen molar-refractivity contribution in [2.45, 2.75) is 44.6 Å². The van der Waals surface area contributed by atoms with E-state index in [9.17, 15) is 13.2 Å². The Morgan fingerprint density at radius 3 is 2.70 bits per heavy atom. The summed E-state index contributed by atoms with van der Waals surface area (Å²) in [7, 11) is 0. The first kappa shape index (κ1) is 23.4. The molecule has 1 atom stereocenters. The monoisotopic (exact) mass is 523 g/mol. The second kappa shape index (κ2) is 9.64. The van der Waals surface area contributed by atoms with Gasteiger partial charge in [0, 0.05) is 16.5 Å². The van der Waals surface area contributed by atoms with Crippen LogP contribution < -0.4 is 4.74 Å². The van der Waals surface area contributed by atoms with Crippen LogP contribution in [0.1, 0.15) is 36.3 Å². The average molecular weight is 524 g/mol. The average Bonchev–Trinajstić information content (AvgIpc) is 3.26. The molecule has 1 aliphatic rings. The number of rotatable bonds is 3. The van der Waals surface area contributed by atoms with Gasteiger partial charge >= 0.3 is 6.18 Å². The third-order valence-electron chi connectivity index (χ3n) is 5.21. The number of pyridine rings is 1. The highest BCUT2D eigenvalue weighted by Crippen LogP contribution is 2.46. The molecule has 1 aromatic carbocycles. The quantitative estimate of drug-likeness (QED) is 0.375. The molecule has 0 radical (unpaired) electrons. The van der Waals surface area contributed by atoms with Gasteiger partial charge in [0.15, 0.2) is 0 Å². The molecule has 0 spiro atoms. The Kier molecular flexibility index (Phi) is 6.85.